The first kappa shape index (κ1) is 10.5. The number of aryl methyl sites for hydroxylation is 1. The zero-order valence-corrected chi connectivity index (χ0v) is 10.2. The number of hydrogen-bond donors (Lipinski definition) is 0. The third kappa shape index (κ3) is 2.32. The maximum atomic E-state index is 6.51. The average molecular weight is 229 g/mol. The highest BCUT2D eigenvalue weighted by molar-refractivity contribution is 7.12. The predicted octanol–water partition coefficient (Wildman–Crippen LogP) is 4.92. The summed E-state index contributed by atoms with van der Waals surface area (Å²) in [6, 6.07) is 4.38. The van der Waals surface area contributed by atoms with E-state index >= 15 is 0 Å². The average Bonchev–Trinajstić information content (AvgIpc) is 2.65. The van der Waals surface area contributed by atoms with Crippen LogP contribution in [-0.4, -0.2) is 0 Å². The van der Waals surface area contributed by atoms with E-state index in [0.29, 0.717) is 0 Å². The fourth-order valence-corrected chi connectivity index (χ4v) is 3.67. The molecule has 0 bridgehead atoms. The van der Waals surface area contributed by atoms with Crippen molar-refractivity contribution in [2.45, 2.75) is 44.4 Å². The molecule has 1 aliphatic carbocycles. The Balaban J connectivity index is 2.03. The number of halogens is 1. The van der Waals surface area contributed by atoms with Gasteiger partial charge in [-0.1, -0.05) is 19.3 Å². The second-order valence-corrected chi connectivity index (χ2v) is 6.04. The zero-order valence-electron chi connectivity index (χ0n) is 8.63. The van der Waals surface area contributed by atoms with Crippen molar-refractivity contribution in [3.63, 3.8) is 0 Å². The molecular weight excluding hydrogens is 212 g/mol. The Morgan fingerprint density at radius 1 is 1.29 bits per heavy atom. The van der Waals surface area contributed by atoms with Gasteiger partial charge in [0.05, 0.1) is 5.38 Å². The van der Waals surface area contributed by atoms with Crippen molar-refractivity contribution in [2.75, 3.05) is 0 Å². The topological polar surface area (TPSA) is 0 Å². The number of rotatable bonds is 2. The summed E-state index contributed by atoms with van der Waals surface area (Å²) in [4.78, 5) is 2.75. The van der Waals surface area contributed by atoms with Crippen LogP contribution in [-0.2, 0) is 0 Å². The standard InChI is InChI=1S/C12H17ClS/c1-9-7-8-11(14-9)12(13)10-5-3-2-4-6-10/h7-8,10,12H,2-6H2,1H3. The summed E-state index contributed by atoms with van der Waals surface area (Å²) in [7, 11) is 0. The SMILES string of the molecule is Cc1ccc(C(Cl)C2CCCCC2)s1. The Kier molecular flexibility index (Phi) is 3.51. The lowest BCUT2D eigenvalue weighted by Crippen LogP contribution is -2.11. The molecule has 1 aromatic heterocycles. The Hall–Kier alpha value is -0.0100. The van der Waals surface area contributed by atoms with Crippen LogP contribution in [0.4, 0.5) is 0 Å². The second-order valence-electron chi connectivity index (χ2n) is 4.25. The van der Waals surface area contributed by atoms with Crippen LogP contribution in [0.1, 0.15) is 47.2 Å². The van der Waals surface area contributed by atoms with Gasteiger partial charge in [0, 0.05) is 9.75 Å². The van der Waals surface area contributed by atoms with Gasteiger partial charge in [-0.3, -0.25) is 0 Å². The second kappa shape index (κ2) is 4.67. The maximum Gasteiger partial charge on any atom is 0.0706 e. The van der Waals surface area contributed by atoms with Gasteiger partial charge in [-0.15, -0.1) is 22.9 Å². The van der Waals surface area contributed by atoms with Gasteiger partial charge in [0.25, 0.3) is 0 Å². The largest absolute Gasteiger partial charge is 0.144 e. The summed E-state index contributed by atoms with van der Waals surface area (Å²) in [5, 5.41) is 0.272. The number of hydrogen-bond acceptors (Lipinski definition) is 1. The quantitative estimate of drug-likeness (QED) is 0.631. The fourth-order valence-electron chi connectivity index (χ4n) is 2.26. The van der Waals surface area contributed by atoms with Gasteiger partial charge in [0.2, 0.25) is 0 Å². The van der Waals surface area contributed by atoms with Crippen LogP contribution in [0.2, 0.25) is 0 Å². The Labute approximate surface area is 95.3 Å². The molecule has 1 saturated carbocycles. The first-order valence-corrected chi connectivity index (χ1v) is 6.73. The highest BCUT2D eigenvalue weighted by Crippen LogP contribution is 2.40. The van der Waals surface area contributed by atoms with E-state index in [4.69, 9.17) is 11.6 Å². The lowest BCUT2D eigenvalue weighted by atomic mass is 9.86. The summed E-state index contributed by atoms with van der Waals surface area (Å²) in [5.74, 6) is 0.725. The first-order chi connectivity index (χ1) is 6.77. The molecule has 0 amide bonds. The molecule has 0 nitrogen and oxygen atoms in total. The molecule has 1 atom stereocenters. The van der Waals surface area contributed by atoms with Gasteiger partial charge in [0.15, 0.2) is 0 Å². The minimum atomic E-state index is 0.272. The molecule has 0 saturated heterocycles. The maximum absolute atomic E-state index is 6.51. The molecule has 78 valence electrons. The Morgan fingerprint density at radius 3 is 2.57 bits per heavy atom. The van der Waals surface area contributed by atoms with Gasteiger partial charge in [-0.25, -0.2) is 0 Å². The lowest BCUT2D eigenvalue weighted by molar-refractivity contribution is 0.350. The van der Waals surface area contributed by atoms with E-state index in [1.807, 2.05) is 11.3 Å². The monoisotopic (exact) mass is 228 g/mol. The van der Waals surface area contributed by atoms with Crippen molar-refractivity contribution in [2.24, 2.45) is 5.92 Å². The van der Waals surface area contributed by atoms with E-state index in [1.165, 1.54) is 41.9 Å². The molecule has 0 N–H and O–H groups in total. The van der Waals surface area contributed by atoms with Crippen molar-refractivity contribution >= 4 is 22.9 Å². The van der Waals surface area contributed by atoms with Crippen molar-refractivity contribution < 1.29 is 0 Å². The van der Waals surface area contributed by atoms with E-state index in [2.05, 4.69) is 19.1 Å². The fraction of sp³-hybridized carbons (Fsp3) is 0.667. The molecule has 1 heterocycles. The van der Waals surface area contributed by atoms with Crippen LogP contribution in [0.25, 0.3) is 0 Å². The van der Waals surface area contributed by atoms with Gasteiger partial charge in [0.1, 0.15) is 0 Å². The summed E-state index contributed by atoms with van der Waals surface area (Å²) in [6.45, 7) is 2.15. The van der Waals surface area contributed by atoms with Gasteiger partial charge in [-0.05, 0) is 37.8 Å². The van der Waals surface area contributed by atoms with E-state index in [-0.39, 0.29) is 5.38 Å². The Bertz CT molecular complexity index is 286. The van der Waals surface area contributed by atoms with Gasteiger partial charge in [-0.2, -0.15) is 0 Å². The summed E-state index contributed by atoms with van der Waals surface area (Å²) >= 11 is 8.37. The number of thiophene rings is 1. The third-order valence-corrected chi connectivity index (χ3v) is 4.90. The number of alkyl halides is 1. The highest BCUT2D eigenvalue weighted by Gasteiger charge is 2.23. The van der Waals surface area contributed by atoms with Crippen LogP contribution >= 0.6 is 22.9 Å². The minimum Gasteiger partial charge on any atom is -0.144 e. The summed E-state index contributed by atoms with van der Waals surface area (Å²) in [5.41, 5.74) is 0. The van der Waals surface area contributed by atoms with Gasteiger partial charge < -0.3 is 0 Å². The molecule has 0 radical (unpaired) electrons. The highest BCUT2D eigenvalue weighted by atomic mass is 35.5. The molecule has 1 aromatic rings. The lowest BCUT2D eigenvalue weighted by Gasteiger charge is -2.25. The van der Waals surface area contributed by atoms with Crippen LogP contribution < -0.4 is 0 Å². The molecular formula is C12H17ClS. The zero-order chi connectivity index (χ0) is 9.97. The molecule has 2 heteroatoms. The van der Waals surface area contributed by atoms with Crippen molar-refractivity contribution in [1.29, 1.82) is 0 Å². The molecule has 1 fully saturated rings. The normalized spacial score (nSPS) is 21.0. The minimum absolute atomic E-state index is 0.272. The molecule has 1 aliphatic rings. The molecule has 1 unspecified atom stereocenters. The van der Waals surface area contributed by atoms with Crippen molar-refractivity contribution in [1.82, 2.24) is 0 Å². The van der Waals surface area contributed by atoms with E-state index < -0.39 is 0 Å². The van der Waals surface area contributed by atoms with E-state index in [1.54, 1.807) is 0 Å². The van der Waals surface area contributed by atoms with E-state index in [0.717, 1.165) is 5.92 Å². The van der Waals surface area contributed by atoms with Crippen LogP contribution in [0, 0.1) is 12.8 Å². The van der Waals surface area contributed by atoms with Crippen LogP contribution in [0.5, 0.6) is 0 Å². The molecule has 2 rings (SSSR count). The smallest absolute Gasteiger partial charge is 0.0706 e. The Morgan fingerprint density at radius 2 is 2.00 bits per heavy atom. The molecule has 14 heavy (non-hydrogen) atoms. The molecule has 0 spiro atoms. The van der Waals surface area contributed by atoms with Crippen LogP contribution in [0.3, 0.4) is 0 Å². The predicted molar refractivity (Wildman–Crippen MR) is 64.2 cm³/mol. The van der Waals surface area contributed by atoms with Crippen LogP contribution in [0.15, 0.2) is 12.1 Å². The molecule has 0 aliphatic heterocycles. The summed E-state index contributed by atoms with van der Waals surface area (Å²) < 4.78 is 0. The van der Waals surface area contributed by atoms with Crippen molar-refractivity contribution in [3.05, 3.63) is 21.9 Å². The van der Waals surface area contributed by atoms with Gasteiger partial charge >= 0.3 is 0 Å². The summed E-state index contributed by atoms with van der Waals surface area (Å²) in [6.07, 6.45) is 6.80. The van der Waals surface area contributed by atoms with E-state index in [9.17, 15) is 0 Å². The van der Waals surface area contributed by atoms with Crippen molar-refractivity contribution in [3.8, 4) is 0 Å². The third-order valence-electron chi connectivity index (χ3n) is 3.10. The molecule has 0 aromatic carbocycles. The first-order valence-electron chi connectivity index (χ1n) is 5.48.